The van der Waals surface area contributed by atoms with Crippen molar-refractivity contribution in [3.8, 4) is 5.69 Å². The van der Waals surface area contributed by atoms with Gasteiger partial charge < -0.3 is 10.1 Å². The Kier molecular flexibility index (Phi) is 6.08. The maximum absolute atomic E-state index is 13.3. The summed E-state index contributed by atoms with van der Waals surface area (Å²) in [6, 6.07) is 9.33. The number of ether oxygens (including phenoxy) is 1. The molecule has 2 aliphatic heterocycles. The molecule has 1 aromatic heterocycles. The molecule has 158 valence electrons. The highest BCUT2D eigenvalue weighted by Gasteiger charge is 2.40. The van der Waals surface area contributed by atoms with Crippen LogP contribution in [0.5, 0.6) is 0 Å². The van der Waals surface area contributed by atoms with Crippen molar-refractivity contribution >= 4 is 23.6 Å². The molecule has 0 radical (unpaired) electrons. The monoisotopic (exact) mass is 410 g/mol. The smallest absolute Gasteiger partial charge is 0.331 e. The second-order valence-corrected chi connectivity index (χ2v) is 7.11. The molecule has 0 fully saturated rings. The van der Waals surface area contributed by atoms with Crippen molar-refractivity contribution in [2.75, 3.05) is 44.3 Å². The minimum Gasteiger partial charge on any atom is -0.382 e. The van der Waals surface area contributed by atoms with Crippen molar-refractivity contribution in [1.82, 2.24) is 20.0 Å². The second-order valence-electron chi connectivity index (χ2n) is 7.11. The number of aliphatic imine (C=N–C) groups is 1. The number of fused-ring (bicyclic) bond motifs is 3. The molecule has 0 saturated carbocycles. The highest BCUT2D eigenvalue weighted by molar-refractivity contribution is 6.19. The summed E-state index contributed by atoms with van der Waals surface area (Å²) in [7, 11) is 0. The second kappa shape index (κ2) is 9.08. The van der Waals surface area contributed by atoms with E-state index < -0.39 is 0 Å². The molecule has 3 amide bonds. The number of carbonyl (C=O) groups is 2. The van der Waals surface area contributed by atoms with Gasteiger partial charge in [-0.2, -0.15) is 5.10 Å². The van der Waals surface area contributed by atoms with E-state index >= 15 is 0 Å². The van der Waals surface area contributed by atoms with E-state index in [1.807, 2.05) is 37.3 Å². The Morgan fingerprint density at radius 1 is 1.27 bits per heavy atom. The van der Waals surface area contributed by atoms with Crippen molar-refractivity contribution in [2.24, 2.45) is 4.99 Å². The van der Waals surface area contributed by atoms with Crippen molar-refractivity contribution in [3.63, 3.8) is 0 Å². The van der Waals surface area contributed by atoms with Crippen LogP contribution >= 0.6 is 0 Å². The zero-order valence-corrected chi connectivity index (χ0v) is 17.1. The van der Waals surface area contributed by atoms with Crippen molar-refractivity contribution < 1.29 is 14.3 Å². The Morgan fingerprint density at radius 2 is 2.10 bits per heavy atom. The first-order chi connectivity index (χ1) is 14.7. The maximum Gasteiger partial charge on any atom is 0.331 e. The van der Waals surface area contributed by atoms with Gasteiger partial charge >= 0.3 is 6.03 Å². The molecule has 0 atom stereocenters. The van der Waals surface area contributed by atoms with Crippen LogP contribution < -0.4 is 10.2 Å². The largest absolute Gasteiger partial charge is 0.382 e. The first kappa shape index (κ1) is 20.1. The van der Waals surface area contributed by atoms with Crippen molar-refractivity contribution in [1.29, 1.82) is 0 Å². The molecule has 2 aliphatic rings. The molecule has 9 nitrogen and oxygen atoms in total. The van der Waals surface area contributed by atoms with E-state index in [1.54, 1.807) is 15.8 Å². The molecule has 4 rings (SSSR count). The van der Waals surface area contributed by atoms with E-state index in [-0.39, 0.29) is 18.5 Å². The summed E-state index contributed by atoms with van der Waals surface area (Å²) in [6.45, 7) is 4.87. The molecular formula is C21H26N6O3. The van der Waals surface area contributed by atoms with Gasteiger partial charge in [0, 0.05) is 32.8 Å². The zero-order chi connectivity index (χ0) is 20.9. The maximum atomic E-state index is 13.3. The Hall–Kier alpha value is -3.20. The number of urea groups is 1. The first-order valence-electron chi connectivity index (χ1n) is 10.3. The quantitative estimate of drug-likeness (QED) is 0.672. The van der Waals surface area contributed by atoms with Crippen LogP contribution in [0.25, 0.3) is 5.69 Å². The number of benzene rings is 1. The molecule has 2 aromatic rings. The SMILES string of the molecule is CCOCCCNC(=O)CN1C(=O)N2CCCN=C2c2cnn(-c3ccccc3)c21. The molecule has 1 N–H and O–H groups in total. The summed E-state index contributed by atoms with van der Waals surface area (Å²) in [5.41, 5.74) is 1.58. The average Bonchev–Trinajstić information content (AvgIpc) is 3.22. The normalized spacial score (nSPS) is 15.5. The van der Waals surface area contributed by atoms with Gasteiger partial charge in [-0.15, -0.1) is 0 Å². The van der Waals surface area contributed by atoms with Gasteiger partial charge in [0.15, 0.2) is 5.82 Å². The van der Waals surface area contributed by atoms with Gasteiger partial charge in [0.05, 0.1) is 17.4 Å². The van der Waals surface area contributed by atoms with E-state index in [4.69, 9.17) is 4.74 Å². The molecule has 0 bridgehead atoms. The van der Waals surface area contributed by atoms with Crippen LogP contribution in [-0.2, 0) is 9.53 Å². The van der Waals surface area contributed by atoms with Crippen LogP contribution in [0.2, 0.25) is 0 Å². The molecular weight excluding hydrogens is 384 g/mol. The number of aromatic nitrogens is 2. The lowest BCUT2D eigenvalue weighted by Gasteiger charge is -2.37. The fourth-order valence-electron chi connectivity index (χ4n) is 3.66. The predicted molar refractivity (Wildman–Crippen MR) is 113 cm³/mol. The van der Waals surface area contributed by atoms with Crippen LogP contribution in [0.1, 0.15) is 25.3 Å². The van der Waals surface area contributed by atoms with Crippen LogP contribution in [0.4, 0.5) is 10.6 Å². The molecule has 1 aromatic carbocycles. The fourth-order valence-corrected chi connectivity index (χ4v) is 3.66. The highest BCUT2D eigenvalue weighted by Crippen LogP contribution is 2.32. The third-order valence-electron chi connectivity index (χ3n) is 5.05. The van der Waals surface area contributed by atoms with Crippen LogP contribution in [0.3, 0.4) is 0 Å². The third kappa shape index (κ3) is 3.93. The zero-order valence-electron chi connectivity index (χ0n) is 17.1. The van der Waals surface area contributed by atoms with E-state index in [1.165, 1.54) is 4.90 Å². The van der Waals surface area contributed by atoms with Crippen LogP contribution in [0, 0.1) is 0 Å². The topological polar surface area (TPSA) is 92.1 Å². The lowest BCUT2D eigenvalue weighted by Crippen LogP contribution is -2.55. The van der Waals surface area contributed by atoms with Crippen molar-refractivity contribution in [3.05, 3.63) is 42.1 Å². The Bertz CT molecular complexity index is 939. The summed E-state index contributed by atoms with van der Waals surface area (Å²) in [5.74, 6) is 0.994. The molecule has 0 spiro atoms. The summed E-state index contributed by atoms with van der Waals surface area (Å²) >= 11 is 0. The summed E-state index contributed by atoms with van der Waals surface area (Å²) in [5, 5.41) is 7.39. The van der Waals surface area contributed by atoms with Gasteiger partial charge in [-0.3, -0.25) is 19.6 Å². The number of hydrogen-bond donors (Lipinski definition) is 1. The Balaban J connectivity index is 1.61. The van der Waals surface area contributed by atoms with Gasteiger partial charge in [-0.1, -0.05) is 18.2 Å². The lowest BCUT2D eigenvalue weighted by atomic mass is 10.1. The molecule has 30 heavy (non-hydrogen) atoms. The first-order valence-corrected chi connectivity index (χ1v) is 10.3. The fraction of sp³-hybridized carbons (Fsp3) is 0.429. The summed E-state index contributed by atoms with van der Waals surface area (Å²) < 4.78 is 6.99. The molecule has 0 unspecified atom stereocenters. The number of amidine groups is 1. The minimum atomic E-state index is -0.247. The van der Waals surface area contributed by atoms with E-state index in [0.717, 1.165) is 24.1 Å². The summed E-state index contributed by atoms with van der Waals surface area (Å²) in [6.07, 6.45) is 3.25. The number of amides is 3. The third-order valence-corrected chi connectivity index (χ3v) is 5.05. The number of nitrogens with one attached hydrogen (secondary N) is 1. The van der Waals surface area contributed by atoms with E-state index in [9.17, 15) is 9.59 Å². The Morgan fingerprint density at radius 3 is 2.90 bits per heavy atom. The lowest BCUT2D eigenvalue weighted by molar-refractivity contribution is -0.119. The van der Waals surface area contributed by atoms with Gasteiger partial charge in [-0.05, 0) is 31.9 Å². The molecule has 0 aliphatic carbocycles. The number of rotatable bonds is 8. The molecule has 0 saturated heterocycles. The van der Waals surface area contributed by atoms with E-state index in [2.05, 4.69) is 15.4 Å². The minimum absolute atomic E-state index is 0.0806. The van der Waals surface area contributed by atoms with E-state index in [0.29, 0.717) is 44.5 Å². The molecule has 3 heterocycles. The van der Waals surface area contributed by atoms with Gasteiger partial charge in [-0.25, -0.2) is 9.48 Å². The van der Waals surface area contributed by atoms with Gasteiger partial charge in [0.1, 0.15) is 12.4 Å². The summed E-state index contributed by atoms with van der Waals surface area (Å²) in [4.78, 5) is 33.6. The molecule has 9 heteroatoms. The average molecular weight is 410 g/mol. The van der Waals surface area contributed by atoms with Gasteiger partial charge in [0.2, 0.25) is 5.91 Å². The standard InChI is InChI=1S/C21H26N6O3/c1-2-30-13-7-11-22-18(28)15-26-20-17(19-23-10-6-12-25(19)21(26)29)14-24-27(20)16-8-4-3-5-9-16/h3-5,8-9,14H,2,6-7,10-13,15H2,1H3,(H,22,28). The number of anilines is 1. The van der Waals surface area contributed by atoms with Crippen LogP contribution in [0.15, 0.2) is 41.5 Å². The van der Waals surface area contributed by atoms with Crippen molar-refractivity contribution in [2.45, 2.75) is 19.8 Å². The number of para-hydroxylation sites is 1. The van der Waals surface area contributed by atoms with Gasteiger partial charge in [0.25, 0.3) is 0 Å². The highest BCUT2D eigenvalue weighted by atomic mass is 16.5. The number of nitrogens with zero attached hydrogens (tertiary/aromatic N) is 5. The Labute approximate surface area is 175 Å². The number of carbonyl (C=O) groups excluding carboxylic acids is 2. The number of hydrogen-bond acceptors (Lipinski definition) is 5. The van der Waals surface area contributed by atoms with Crippen LogP contribution in [-0.4, -0.2) is 71.8 Å². The predicted octanol–water partition coefficient (Wildman–Crippen LogP) is 1.81.